The molecule has 0 radical (unpaired) electrons. The Morgan fingerprint density at radius 1 is 0.975 bits per heavy atom. The number of benzene rings is 3. The summed E-state index contributed by atoms with van der Waals surface area (Å²) in [6, 6.07) is 22.5. The van der Waals surface area contributed by atoms with Crippen molar-refractivity contribution in [2.75, 3.05) is 13.1 Å². The van der Waals surface area contributed by atoms with Gasteiger partial charge in [-0.15, -0.1) is 0 Å². The first-order chi connectivity index (χ1) is 18.7. The fraction of sp³-hybridized carbons (Fsp3) is 0.172. The van der Waals surface area contributed by atoms with Gasteiger partial charge in [-0.05, 0) is 85.1 Å². The van der Waals surface area contributed by atoms with Crippen molar-refractivity contribution < 1.29 is 28.2 Å². The van der Waals surface area contributed by atoms with Crippen molar-refractivity contribution in [1.82, 2.24) is 10.3 Å². The second-order valence-corrected chi connectivity index (χ2v) is 11.2. The summed E-state index contributed by atoms with van der Waals surface area (Å²) in [6.07, 6.45) is 2.28. The predicted molar refractivity (Wildman–Crippen MR) is 154 cm³/mol. The number of aromatic nitrogens is 1. The van der Waals surface area contributed by atoms with Crippen molar-refractivity contribution in [2.45, 2.75) is 28.7 Å². The number of rotatable bonds is 12. The Labute approximate surface area is 260 Å². The number of aliphatic hydroxyl groups is 1. The van der Waals surface area contributed by atoms with E-state index in [9.17, 15) is 23.4 Å². The second-order valence-electron chi connectivity index (χ2n) is 8.76. The van der Waals surface area contributed by atoms with Crippen molar-refractivity contribution in [3.8, 4) is 11.6 Å². The second kappa shape index (κ2) is 14.7. The van der Waals surface area contributed by atoms with Crippen molar-refractivity contribution in [1.29, 1.82) is 0 Å². The van der Waals surface area contributed by atoms with E-state index in [0.29, 0.717) is 18.1 Å². The summed E-state index contributed by atoms with van der Waals surface area (Å²) >= 11 is 5.97. The maximum absolute atomic E-state index is 13.2. The summed E-state index contributed by atoms with van der Waals surface area (Å²) in [4.78, 5) is 15.5. The molecule has 1 heterocycles. The molecule has 0 amide bonds. The van der Waals surface area contributed by atoms with Crippen LogP contribution in [0.4, 0.5) is 0 Å². The van der Waals surface area contributed by atoms with Crippen LogP contribution >= 0.6 is 11.6 Å². The normalized spacial score (nSPS) is 11.8. The summed E-state index contributed by atoms with van der Waals surface area (Å²) in [5.41, 5.74) is 1.61. The number of nitrogens with one attached hydrogen (secondary N) is 1. The van der Waals surface area contributed by atoms with Crippen molar-refractivity contribution in [3.05, 3.63) is 113 Å². The number of halogens is 1. The number of carboxylic acid groups (broad SMARTS) is 1. The zero-order chi connectivity index (χ0) is 27.8. The average molecular weight is 591 g/mol. The number of hydrogen-bond donors (Lipinski definition) is 3. The van der Waals surface area contributed by atoms with Crippen LogP contribution in [0, 0.1) is 0 Å². The zero-order valence-electron chi connectivity index (χ0n) is 20.8. The molecule has 4 rings (SSSR count). The van der Waals surface area contributed by atoms with Crippen LogP contribution in [0.2, 0.25) is 5.02 Å². The number of carboxylic acids is 1. The van der Waals surface area contributed by atoms with Gasteiger partial charge in [0.15, 0.2) is 0 Å². The molecule has 0 spiro atoms. The Bertz CT molecular complexity index is 1550. The molecule has 0 fully saturated rings. The molecule has 4 aromatic rings. The summed E-state index contributed by atoms with van der Waals surface area (Å²) in [5, 5.41) is 23.4. The molecule has 204 valence electrons. The van der Waals surface area contributed by atoms with E-state index in [1.54, 1.807) is 42.5 Å². The topological polar surface area (TPSA) is 126 Å². The van der Waals surface area contributed by atoms with E-state index in [2.05, 4.69) is 10.3 Å². The molecule has 0 saturated carbocycles. The Kier molecular flexibility index (Phi) is 11.7. The molecule has 0 aliphatic heterocycles. The third-order valence-corrected chi connectivity index (χ3v) is 7.96. The van der Waals surface area contributed by atoms with E-state index in [1.165, 1.54) is 42.6 Å². The molecule has 11 heteroatoms. The van der Waals surface area contributed by atoms with Crippen LogP contribution < -0.4 is 10.1 Å². The van der Waals surface area contributed by atoms with Crippen LogP contribution in [0.25, 0.3) is 0 Å². The van der Waals surface area contributed by atoms with Crippen LogP contribution in [0.3, 0.4) is 0 Å². The van der Waals surface area contributed by atoms with Gasteiger partial charge in [0, 0.05) is 17.8 Å². The summed E-state index contributed by atoms with van der Waals surface area (Å²) in [6.45, 7) is 1.09. The van der Waals surface area contributed by atoms with Gasteiger partial charge >= 0.3 is 35.5 Å². The maximum atomic E-state index is 13.2. The van der Waals surface area contributed by atoms with E-state index < -0.39 is 21.9 Å². The predicted octanol–water partition coefficient (Wildman–Crippen LogP) is 4.67. The van der Waals surface area contributed by atoms with Gasteiger partial charge in [-0.2, -0.15) is 0 Å². The van der Waals surface area contributed by atoms with E-state index in [-0.39, 0.29) is 56.5 Å². The van der Waals surface area contributed by atoms with E-state index in [4.69, 9.17) is 16.3 Å². The molecule has 0 aliphatic carbocycles. The van der Waals surface area contributed by atoms with Gasteiger partial charge in [-0.3, -0.25) is 0 Å². The molecule has 8 nitrogen and oxygen atoms in total. The average Bonchev–Trinajstić information content (AvgIpc) is 2.93. The summed E-state index contributed by atoms with van der Waals surface area (Å²) < 4.78 is 32.0. The number of hydrogen-bond acceptors (Lipinski definition) is 7. The molecule has 0 aliphatic rings. The van der Waals surface area contributed by atoms with Crippen molar-refractivity contribution >= 4 is 57.0 Å². The number of sulfone groups is 1. The first-order valence-electron chi connectivity index (χ1n) is 12.2. The number of carbonyl (C=O) groups is 1. The molecule has 0 bridgehead atoms. The van der Waals surface area contributed by atoms with Crippen molar-refractivity contribution in [2.24, 2.45) is 0 Å². The minimum absolute atomic E-state index is 0. The van der Waals surface area contributed by atoms with Gasteiger partial charge in [0.05, 0.1) is 15.9 Å². The van der Waals surface area contributed by atoms with Crippen LogP contribution in [0.15, 0.2) is 101 Å². The number of aromatic carboxylic acids is 1. The Morgan fingerprint density at radius 3 is 2.45 bits per heavy atom. The monoisotopic (exact) mass is 590 g/mol. The fourth-order valence-corrected chi connectivity index (χ4v) is 5.41. The van der Waals surface area contributed by atoms with E-state index >= 15 is 0 Å². The molecule has 0 unspecified atom stereocenters. The zero-order valence-corrected chi connectivity index (χ0v) is 22.4. The van der Waals surface area contributed by atoms with Crippen LogP contribution in [-0.2, 0) is 16.3 Å². The number of nitrogens with zero attached hydrogens (tertiary/aromatic N) is 1. The van der Waals surface area contributed by atoms with Gasteiger partial charge in [-0.25, -0.2) is 18.2 Å². The number of ether oxygens (including phenoxy) is 1. The summed E-state index contributed by atoms with van der Waals surface area (Å²) in [7, 11) is -3.83. The Morgan fingerprint density at radius 2 is 1.73 bits per heavy atom. The molecule has 3 aromatic carbocycles. The third-order valence-electron chi connectivity index (χ3n) is 5.96. The molecule has 1 aromatic heterocycles. The molecule has 1 atom stereocenters. The Hall–Kier alpha value is -2.76. The number of pyridine rings is 1. The standard InChI is InChI=1S/C29H27ClN2O6S.Na.H/c30-22-7-1-6-21(17-22)27(33)19-31-15-3-5-20-11-13-24(14-12-20)39(36,37)25-9-2-8-23(18-25)38-28-26(29(34)35)10-4-16-32-28;;/h1-2,4,6-14,16-18,27,31,33H,3,5,15,19H2,(H,34,35);;/t27-;;/m1../s1. The van der Waals surface area contributed by atoms with Crippen LogP contribution in [-0.4, -0.2) is 72.2 Å². The third kappa shape index (κ3) is 8.37. The van der Waals surface area contributed by atoms with Gasteiger partial charge in [0.1, 0.15) is 11.3 Å². The van der Waals surface area contributed by atoms with Gasteiger partial charge < -0.3 is 20.3 Å². The van der Waals surface area contributed by atoms with E-state index in [0.717, 1.165) is 24.0 Å². The van der Waals surface area contributed by atoms with Gasteiger partial charge in [-0.1, -0.05) is 41.9 Å². The minimum atomic E-state index is -3.83. The van der Waals surface area contributed by atoms with Crippen LogP contribution in [0.1, 0.15) is 34.0 Å². The SMILES string of the molecule is O=C(O)c1cccnc1Oc1cccc(S(=O)(=O)c2ccc(CCCNC[C@@H](O)c3cccc(Cl)c3)cc2)c1.[NaH]. The molecule has 3 N–H and O–H groups in total. The first kappa shape index (κ1) is 31.8. The van der Waals surface area contributed by atoms with Gasteiger partial charge in [0.25, 0.3) is 0 Å². The first-order valence-corrected chi connectivity index (χ1v) is 14.0. The molecule has 40 heavy (non-hydrogen) atoms. The number of aryl methyl sites for hydroxylation is 1. The molecular weight excluding hydrogens is 563 g/mol. The quantitative estimate of drug-likeness (QED) is 0.161. The van der Waals surface area contributed by atoms with Crippen molar-refractivity contribution in [3.63, 3.8) is 0 Å². The van der Waals surface area contributed by atoms with E-state index in [1.807, 2.05) is 6.07 Å². The number of aliphatic hydroxyl groups excluding tert-OH is 1. The molecular formula is C29H28ClN2NaO6S. The van der Waals surface area contributed by atoms with Gasteiger partial charge in [0.2, 0.25) is 15.7 Å². The Balaban J connectivity index is 0.00000441. The molecule has 0 saturated heterocycles. The van der Waals surface area contributed by atoms with Crippen LogP contribution in [0.5, 0.6) is 11.6 Å². The fourth-order valence-electron chi connectivity index (χ4n) is 3.91. The summed E-state index contributed by atoms with van der Waals surface area (Å²) in [5.74, 6) is -1.17.